The minimum atomic E-state index is -1.84. The predicted octanol–water partition coefficient (Wildman–Crippen LogP) is 0.107. The fourth-order valence-corrected chi connectivity index (χ4v) is 1.61. The number of hydrogen-bond donors (Lipinski definition) is 0. The van der Waals surface area contributed by atoms with Crippen LogP contribution in [0.3, 0.4) is 0 Å². The third-order valence-corrected chi connectivity index (χ3v) is 2.28. The normalized spacial score (nSPS) is 29.7. The molecular weight excluding hydrogens is 263 g/mol. The van der Waals surface area contributed by atoms with Crippen LogP contribution in [-0.4, -0.2) is 49.2 Å². The van der Waals surface area contributed by atoms with E-state index < -0.39 is 42.6 Å². The number of ether oxygens (including phenoxy) is 4. The van der Waals surface area contributed by atoms with Crippen molar-refractivity contribution in [1.82, 2.24) is 0 Å². The zero-order valence-electron chi connectivity index (χ0n) is 10.8. The molecule has 0 aliphatic carbocycles. The second-order valence-electron chi connectivity index (χ2n) is 3.97. The first-order chi connectivity index (χ1) is 8.81. The molecule has 1 aliphatic rings. The van der Waals surface area contributed by atoms with E-state index in [0.29, 0.717) is 0 Å². The third-order valence-electron chi connectivity index (χ3n) is 2.28. The molecule has 0 radical (unpaired) electrons. The minimum Gasteiger partial charge on any atom is -0.463 e. The van der Waals surface area contributed by atoms with Crippen LogP contribution in [0.5, 0.6) is 0 Å². The average Bonchev–Trinajstić information content (AvgIpc) is 2.53. The van der Waals surface area contributed by atoms with Crippen LogP contribution in [0.15, 0.2) is 0 Å². The Morgan fingerprint density at radius 2 is 1.63 bits per heavy atom. The van der Waals surface area contributed by atoms with Crippen LogP contribution in [0.25, 0.3) is 0 Å². The lowest BCUT2D eigenvalue weighted by Gasteiger charge is -2.17. The molecule has 0 saturated carbocycles. The van der Waals surface area contributed by atoms with Crippen LogP contribution >= 0.6 is 0 Å². The molecule has 0 aromatic heterocycles. The van der Waals surface area contributed by atoms with Gasteiger partial charge in [-0.25, -0.2) is 4.39 Å². The summed E-state index contributed by atoms with van der Waals surface area (Å²) in [5.41, 5.74) is 0. The number of rotatable bonds is 4. The van der Waals surface area contributed by atoms with Crippen molar-refractivity contribution in [2.75, 3.05) is 6.61 Å². The molecular formula is C11H15FO7. The molecule has 0 aromatic rings. The fourth-order valence-electron chi connectivity index (χ4n) is 1.61. The Balaban J connectivity index is 2.71. The Hall–Kier alpha value is -1.70. The average molecular weight is 278 g/mol. The van der Waals surface area contributed by atoms with Crippen LogP contribution in [-0.2, 0) is 33.3 Å². The van der Waals surface area contributed by atoms with Crippen LogP contribution < -0.4 is 0 Å². The van der Waals surface area contributed by atoms with Crippen molar-refractivity contribution in [2.24, 2.45) is 0 Å². The summed E-state index contributed by atoms with van der Waals surface area (Å²) in [6, 6.07) is 0. The topological polar surface area (TPSA) is 88.1 Å². The Morgan fingerprint density at radius 1 is 1.05 bits per heavy atom. The van der Waals surface area contributed by atoms with Gasteiger partial charge in [-0.1, -0.05) is 0 Å². The number of hydrogen-bond acceptors (Lipinski definition) is 7. The zero-order chi connectivity index (χ0) is 14.6. The summed E-state index contributed by atoms with van der Waals surface area (Å²) in [6.07, 6.45) is -5.64. The number of carbonyl (C=O) groups is 3. The molecule has 4 atom stereocenters. The van der Waals surface area contributed by atoms with Gasteiger partial charge in [-0.05, 0) is 0 Å². The quantitative estimate of drug-likeness (QED) is 0.532. The van der Waals surface area contributed by atoms with E-state index in [1.54, 1.807) is 0 Å². The lowest BCUT2D eigenvalue weighted by Crippen LogP contribution is -2.37. The first kappa shape index (κ1) is 15.4. The van der Waals surface area contributed by atoms with Gasteiger partial charge in [0.05, 0.1) is 0 Å². The van der Waals surface area contributed by atoms with Crippen LogP contribution in [0.1, 0.15) is 20.8 Å². The molecule has 19 heavy (non-hydrogen) atoms. The molecule has 108 valence electrons. The maximum absolute atomic E-state index is 13.9. The van der Waals surface area contributed by atoms with Gasteiger partial charge < -0.3 is 18.9 Å². The number of carbonyl (C=O) groups excluding carboxylic acids is 3. The van der Waals surface area contributed by atoms with Gasteiger partial charge in [-0.2, -0.15) is 0 Å². The third kappa shape index (κ3) is 4.47. The van der Waals surface area contributed by atoms with Crippen LogP contribution in [0, 0.1) is 0 Å². The Kier molecular flexibility index (Phi) is 5.22. The van der Waals surface area contributed by atoms with E-state index in [9.17, 15) is 18.8 Å². The highest BCUT2D eigenvalue weighted by Gasteiger charge is 2.49. The molecule has 8 heteroatoms. The molecule has 0 aromatic carbocycles. The molecule has 0 spiro atoms. The number of alkyl halides is 1. The lowest BCUT2D eigenvalue weighted by atomic mass is 10.1. The Bertz CT molecular complexity index is 370. The van der Waals surface area contributed by atoms with Crippen molar-refractivity contribution in [3.8, 4) is 0 Å². The summed E-state index contributed by atoms with van der Waals surface area (Å²) in [7, 11) is 0. The van der Waals surface area contributed by atoms with E-state index >= 15 is 0 Å². The van der Waals surface area contributed by atoms with Crippen LogP contribution in [0.2, 0.25) is 0 Å². The highest BCUT2D eigenvalue weighted by atomic mass is 19.1. The number of esters is 3. The maximum Gasteiger partial charge on any atom is 0.305 e. The van der Waals surface area contributed by atoms with Crippen molar-refractivity contribution < 1.29 is 37.7 Å². The van der Waals surface area contributed by atoms with Crippen molar-refractivity contribution in [1.29, 1.82) is 0 Å². The van der Waals surface area contributed by atoms with Gasteiger partial charge in [0.15, 0.2) is 6.10 Å². The molecule has 1 saturated heterocycles. The fraction of sp³-hybridized carbons (Fsp3) is 0.727. The minimum absolute atomic E-state index is 0.300. The van der Waals surface area contributed by atoms with E-state index in [2.05, 4.69) is 9.47 Å². The summed E-state index contributed by atoms with van der Waals surface area (Å²) >= 11 is 0. The standard InChI is InChI=1S/C11H15FO7/c1-5(13)16-4-8-10(17-6(2)14)9(12)11(19-8)18-7(3)15/h8-11H,4H2,1-3H3/t8-,9?,10+,11-/m1/s1. The van der Waals surface area contributed by atoms with E-state index in [-0.39, 0.29) is 6.61 Å². The molecule has 0 bridgehead atoms. The monoisotopic (exact) mass is 278 g/mol. The molecule has 1 rings (SSSR count). The molecule has 1 unspecified atom stereocenters. The van der Waals surface area contributed by atoms with Gasteiger partial charge in [0.2, 0.25) is 12.5 Å². The highest BCUT2D eigenvalue weighted by molar-refractivity contribution is 5.67. The molecule has 1 heterocycles. The SMILES string of the molecule is CC(=O)OC[C@H]1O[C@@H](OC(C)=O)C(F)[C@H]1OC(C)=O. The first-order valence-electron chi connectivity index (χ1n) is 5.58. The van der Waals surface area contributed by atoms with Crippen molar-refractivity contribution >= 4 is 17.9 Å². The Labute approximate surface area is 108 Å². The van der Waals surface area contributed by atoms with Gasteiger partial charge in [0.1, 0.15) is 12.7 Å². The van der Waals surface area contributed by atoms with Gasteiger partial charge in [0, 0.05) is 20.8 Å². The van der Waals surface area contributed by atoms with Gasteiger partial charge >= 0.3 is 17.9 Å². The smallest absolute Gasteiger partial charge is 0.305 e. The largest absolute Gasteiger partial charge is 0.463 e. The van der Waals surface area contributed by atoms with Gasteiger partial charge in [-0.15, -0.1) is 0 Å². The second kappa shape index (κ2) is 6.46. The van der Waals surface area contributed by atoms with E-state index in [0.717, 1.165) is 13.8 Å². The van der Waals surface area contributed by atoms with Crippen molar-refractivity contribution in [2.45, 2.75) is 45.4 Å². The van der Waals surface area contributed by atoms with Crippen molar-refractivity contribution in [3.05, 3.63) is 0 Å². The molecule has 7 nitrogen and oxygen atoms in total. The summed E-state index contributed by atoms with van der Waals surface area (Å²) in [5.74, 6) is -2.04. The number of halogens is 1. The summed E-state index contributed by atoms with van der Waals surface area (Å²) < 4.78 is 33.0. The second-order valence-corrected chi connectivity index (χ2v) is 3.97. The first-order valence-corrected chi connectivity index (χ1v) is 5.58. The van der Waals surface area contributed by atoms with E-state index in [4.69, 9.17) is 9.47 Å². The van der Waals surface area contributed by atoms with Gasteiger partial charge in [-0.3, -0.25) is 14.4 Å². The summed E-state index contributed by atoms with van der Waals surface area (Å²) in [5, 5.41) is 0. The molecule has 0 amide bonds. The lowest BCUT2D eigenvalue weighted by molar-refractivity contribution is -0.184. The predicted molar refractivity (Wildman–Crippen MR) is 57.5 cm³/mol. The Morgan fingerprint density at radius 3 is 2.11 bits per heavy atom. The van der Waals surface area contributed by atoms with E-state index in [1.165, 1.54) is 6.92 Å². The van der Waals surface area contributed by atoms with E-state index in [1.807, 2.05) is 0 Å². The van der Waals surface area contributed by atoms with Gasteiger partial charge in [0.25, 0.3) is 0 Å². The molecule has 0 N–H and O–H groups in total. The molecule has 1 aliphatic heterocycles. The molecule has 1 fully saturated rings. The zero-order valence-corrected chi connectivity index (χ0v) is 10.8. The highest BCUT2D eigenvalue weighted by Crippen LogP contribution is 2.28. The summed E-state index contributed by atoms with van der Waals surface area (Å²) in [4.78, 5) is 32.4. The van der Waals surface area contributed by atoms with Crippen LogP contribution in [0.4, 0.5) is 4.39 Å². The maximum atomic E-state index is 13.9. The summed E-state index contributed by atoms with van der Waals surface area (Å²) in [6.45, 7) is 3.07. The van der Waals surface area contributed by atoms with Crippen molar-refractivity contribution in [3.63, 3.8) is 0 Å².